The van der Waals surface area contributed by atoms with Crippen LogP contribution < -0.4 is 0 Å². The number of hydrogen-bond donors (Lipinski definition) is 0. The van der Waals surface area contributed by atoms with Crippen LogP contribution in [0.2, 0.25) is 0 Å². The van der Waals surface area contributed by atoms with Crippen LogP contribution in [0.3, 0.4) is 0 Å². The molecule has 0 aliphatic heterocycles. The summed E-state index contributed by atoms with van der Waals surface area (Å²) in [5.74, 6) is 0. The minimum atomic E-state index is 0. The minimum Gasteiger partial charge on any atom is -2.00 e. The molecule has 6 heteroatoms. The van der Waals surface area contributed by atoms with Crippen LogP contribution in [0.1, 0.15) is 0 Å². The van der Waals surface area contributed by atoms with Gasteiger partial charge in [-0.3, -0.25) is 0 Å². The van der Waals surface area contributed by atoms with Gasteiger partial charge in [0.1, 0.15) is 0 Å². The Morgan fingerprint density at radius 2 is 0.500 bits per heavy atom. The number of rotatable bonds is 0. The Balaban J connectivity index is 0. The fourth-order valence-corrected chi connectivity index (χ4v) is 0. The van der Waals surface area contributed by atoms with E-state index in [1.165, 1.54) is 0 Å². The Kier molecular flexibility index (Phi) is 14000. The van der Waals surface area contributed by atoms with Gasteiger partial charge in [-0.1, -0.05) is 0 Å². The van der Waals surface area contributed by atoms with Gasteiger partial charge in [0, 0.05) is 0 Å². The largest absolute Gasteiger partial charge is 4.00 e. The quantitative estimate of drug-likeness (QED) is 0.389. The zero-order valence-electron chi connectivity index (χ0n) is 2.63. The molecule has 0 saturated heterocycles. The van der Waals surface area contributed by atoms with Gasteiger partial charge in [0.05, 0.1) is 0 Å². The summed E-state index contributed by atoms with van der Waals surface area (Å²) in [5.41, 5.74) is 0. The van der Waals surface area contributed by atoms with Crippen molar-refractivity contribution >= 4 is 11.0 Å². The van der Waals surface area contributed by atoms with E-state index in [1.807, 2.05) is 0 Å². The molecule has 0 aliphatic carbocycles. The first kappa shape index (κ1) is 379. The van der Waals surface area contributed by atoms with Crippen LogP contribution in [0.25, 0.3) is 0 Å². The van der Waals surface area contributed by atoms with Crippen LogP contribution in [0.15, 0.2) is 0 Å². The van der Waals surface area contributed by atoms with Crippen molar-refractivity contribution in [2.75, 3.05) is 0 Å². The molecular weight excluding hydrogens is 140 g/mol. The Morgan fingerprint density at radius 3 is 0.500 bits per heavy atom. The van der Waals surface area contributed by atoms with Gasteiger partial charge in [0.15, 0.2) is 0 Å². The Labute approximate surface area is 55.1 Å². The fourth-order valence-electron chi connectivity index (χ4n) is 0. The van der Waals surface area contributed by atoms with Crippen molar-refractivity contribution in [2.45, 2.75) is 0 Å². The summed E-state index contributed by atoms with van der Waals surface area (Å²) in [6.45, 7) is 0. The predicted molar refractivity (Wildman–Crippen MR) is 8.50 cm³/mol. The van der Waals surface area contributed by atoms with Gasteiger partial charge < -0.3 is 21.9 Å². The van der Waals surface area contributed by atoms with E-state index in [0.717, 1.165) is 0 Å². The normalized spacial score (nSPS) is 0. The smallest absolute Gasteiger partial charge is 2.00 e. The maximum absolute atomic E-state index is 0. The van der Waals surface area contributed by atoms with Gasteiger partial charge in [0.2, 0.25) is 0 Å². The third kappa shape index (κ3) is 114. The topological polar surface area (TPSA) is 114 Å². The average Bonchev–Trinajstić information content (AvgIpc) is 0. The molecule has 0 fully saturated rings. The van der Waals surface area contributed by atoms with Crippen molar-refractivity contribution in [3.8, 4) is 0 Å². The maximum Gasteiger partial charge on any atom is 4.00 e. The fraction of sp³-hybridized carbons (Fsp3) is 0. The van der Waals surface area contributed by atoms with E-state index in [0.29, 0.717) is 0 Å². The van der Waals surface area contributed by atoms with Gasteiger partial charge in [-0.05, 0) is 0 Å². The van der Waals surface area contributed by atoms with Crippen LogP contribution in [0.4, 0.5) is 0 Å². The van der Waals surface area contributed by atoms with Gasteiger partial charge in [0.25, 0.3) is 0 Å². The van der Waals surface area contributed by atoms with Crippen LogP contribution in [0, 0.1) is 0 Å². The molecule has 0 N–H and O–H groups in total. The zero-order chi connectivity index (χ0) is 0. The van der Waals surface area contributed by atoms with Crippen LogP contribution >= 0.6 is 0 Å². The number of hydrogen-bond acceptors (Lipinski definition) is 0. The molecule has 0 heterocycles. The molecule has 4 nitrogen and oxygen atoms in total. The zero-order valence-corrected chi connectivity index (χ0v) is 5.19. The summed E-state index contributed by atoms with van der Waals surface area (Å²) in [6, 6.07) is 0. The molecule has 0 saturated carbocycles. The second-order valence-electron chi connectivity index (χ2n) is 0. The van der Waals surface area contributed by atoms with Crippen LogP contribution in [0.5, 0.6) is 0 Å². The van der Waals surface area contributed by atoms with Crippen molar-refractivity contribution in [3.63, 3.8) is 0 Å². The summed E-state index contributed by atoms with van der Waals surface area (Å²) in [6.07, 6.45) is 0. The predicted octanol–water partition coefficient (Wildman–Crippen LogP) is -0.859. The van der Waals surface area contributed by atoms with E-state index in [4.69, 9.17) is 0 Å². The van der Waals surface area contributed by atoms with Gasteiger partial charge in [-0.2, -0.15) is 0 Å². The molecule has 32 valence electrons. The van der Waals surface area contributed by atoms with E-state index in [-0.39, 0.29) is 54.6 Å². The molecule has 0 spiro atoms. The van der Waals surface area contributed by atoms with Gasteiger partial charge in [-0.25, -0.2) is 0 Å². The van der Waals surface area contributed by atoms with E-state index in [9.17, 15) is 0 Å². The molecule has 0 radical (unpaired) electrons. The average molecular weight is 140 g/mol. The van der Waals surface area contributed by atoms with Gasteiger partial charge in [-0.15, -0.1) is 0 Å². The monoisotopic (exact) mass is 140 g/mol. The molecular formula is O4SiTi. The summed E-state index contributed by atoms with van der Waals surface area (Å²) in [5, 5.41) is 0. The van der Waals surface area contributed by atoms with Crippen molar-refractivity contribution < 1.29 is 43.6 Å². The summed E-state index contributed by atoms with van der Waals surface area (Å²) in [7, 11) is 0. The molecule has 0 bridgehead atoms. The third-order valence-corrected chi connectivity index (χ3v) is 0. The molecule has 0 unspecified atom stereocenters. The molecule has 6 heavy (non-hydrogen) atoms. The molecule has 0 aliphatic rings. The molecule has 0 aromatic rings. The third-order valence-electron chi connectivity index (χ3n) is 0. The molecule has 0 atom stereocenters. The van der Waals surface area contributed by atoms with E-state index in [2.05, 4.69) is 0 Å². The maximum atomic E-state index is 0. The van der Waals surface area contributed by atoms with Crippen molar-refractivity contribution in [2.24, 2.45) is 0 Å². The Bertz CT molecular complexity index is 7.51. The van der Waals surface area contributed by atoms with Crippen LogP contribution in [-0.4, -0.2) is 11.0 Å². The van der Waals surface area contributed by atoms with Crippen molar-refractivity contribution in [1.82, 2.24) is 0 Å². The molecule has 0 aromatic heterocycles. The summed E-state index contributed by atoms with van der Waals surface area (Å²) < 4.78 is 0. The standard InChI is InChI=1S/4O.Si.Ti/q4*-2;2*+4. The van der Waals surface area contributed by atoms with Crippen LogP contribution in [-0.2, 0) is 43.6 Å². The molecule has 0 rings (SSSR count). The van der Waals surface area contributed by atoms with E-state index in [1.54, 1.807) is 0 Å². The Morgan fingerprint density at radius 1 is 0.500 bits per heavy atom. The summed E-state index contributed by atoms with van der Waals surface area (Å²) >= 11 is 0. The first-order valence-electron chi connectivity index (χ1n) is 0. The minimum absolute atomic E-state index is 0. The second kappa shape index (κ2) is 221. The van der Waals surface area contributed by atoms with E-state index >= 15 is 0 Å². The van der Waals surface area contributed by atoms with E-state index < -0.39 is 0 Å². The first-order valence-corrected chi connectivity index (χ1v) is 0. The Hall–Kier alpha value is 0.771. The molecule has 0 aromatic carbocycles. The van der Waals surface area contributed by atoms with Crippen molar-refractivity contribution in [1.29, 1.82) is 0 Å². The first-order chi connectivity index (χ1) is 0. The van der Waals surface area contributed by atoms with Crippen molar-refractivity contribution in [3.05, 3.63) is 0 Å². The molecule has 0 amide bonds. The summed E-state index contributed by atoms with van der Waals surface area (Å²) in [4.78, 5) is 0. The second-order valence-corrected chi connectivity index (χ2v) is 0. The van der Waals surface area contributed by atoms with Gasteiger partial charge >= 0.3 is 32.7 Å². The SMILES string of the molecule is [O-2].[O-2].[O-2].[O-2].[Si+4].[Ti+4].